The van der Waals surface area contributed by atoms with E-state index in [-0.39, 0.29) is 32.2 Å². The molecule has 0 spiro atoms. The van der Waals surface area contributed by atoms with Crippen LogP contribution in [-0.4, -0.2) is 87.4 Å². The van der Waals surface area contributed by atoms with Crippen LogP contribution < -0.4 is 0 Å². The number of carbonyl (C=O) groups excluding carboxylic acids is 2. The van der Waals surface area contributed by atoms with Gasteiger partial charge in [-0.1, -0.05) is 279 Å². The van der Waals surface area contributed by atoms with Gasteiger partial charge in [0.15, 0.2) is 6.10 Å². The predicted molar refractivity (Wildman–Crippen MR) is 327 cm³/mol. The molecule has 0 fully saturated rings. The molecule has 2 unspecified atom stereocenters. The topological polar surface area (TPSA) is 108 Å². The van der Waals surface area contributed by atoms with E-state index in [2.05, 4.69) is 86.8 Å². The number of nitrogens with zero attached hydrogens (tertiary/aromatic N) is 1. The van der Waals surface area contributed by atoms with Crippen molar-refractivity contribution >= 4 is 17.9 Å². The molecule has 0 aromatic rings. The van der Waals surface area contributed by atoms with Gasteiger partial charge in [-0.3, -0.25) is 9.59 Å². The first kappa shape index (κ1) is 73.7. The van der Waals surface area contributed by atoms with Gasteiger partial charge in [0, 0.05) is 12.8 Å². The third-order valence-electron chi connectivity index (χ3n) is 14.0. The summed E-state index contributed by atoms with van der Waals surface area (Å²) in [6, 6.07) is 0. The molecular formula is C68H122NO8+. The van der Waals surface area contributed by atoms with Crippen molar-refractivity contribution in [3.05, 3.63) is 72.9 Å². The zero-order chi connectivity index (χ0) is 56.2. The third-order valence-corrected chi connectivity index (χ3v) is 14.0. The van der Waals surface area contributed by atoms with Gasteiger partial charge in [0.25, 0.3) is 6.29 Å². The van der Waals surface area contributed by atoms with Crippen LogP contribution in [0.15, 0.2) is 72.9 Å². The van der Waals surface area contributed by atoms with Gasteiger partial charge in [-0.25, -0.2) is 4.79 Å². The zero-order valence-electron chi connectivity index (χ0n) is 50.9. The summed E-state index contributed by atoms with van der Waals surface area (Å²) in [5, 5.41) is 9.69. The summed E-state index contributed by atoms with van der Waals surface area (Å²) in [5.74, 6) is -1.99. The lowest BCUT2D eigenvalue weighted by Gasteiger charge is -2.25. The molecule has 0 bridgehead atoms. The van der Waals surface area contributed by atoms with Crippen LogP contribution >= 0.6 is 0 Å². The lowest BCUT2D eigenvalue weighted by atomic mass is 10.0. The van der Waals surface area contributed by atoms with Crippen LogP contribution in [0.1, 0.15) is 284 Å². The number of aliphatic carboxylic acids is 1. The minimum Gasteiger partial charge on any atom is -0.477 e. The second kappa shape index (κ2) is 58.9. The van der Waals surface area contributed by atoms with E-state index in [1.807, 2.05) is 21.1 Å². The molecule has 446 valence electrons. The third kappa shape index (κ3) is 60.2. The Kier molecular flexibility index (Phi) is 56.4. The van der Waals surface area contributed by atoms with Gasteiger partial charge in [-0.15, -0.1) is 0 Å². The van der Waals surface area contributed by atoms with E-state index >= 15 is 0 Å². The Bertz CT molecular complexity index is 1490. The lowest BCUT2D eigenvalue weighted by molar-refractivity contribution is -0.870. The van der Waals surface area contributed by atoms with Crippen LogP contribution in [0.5, 0.6) is 0 Å². The van der Waals surface area contributed by atoms with Crippen LogP contribution in [0, 0.1) is 0 Å². The summed E-state index contributed by atoms with van der Waals surface area (Å²) >= 11 is 0. The second-order valence-electron chi connectivity index (χ2n) is 22.7. The fourth-order valence-corrected chi connectivity index (χ4v) is 9.08. The summed E-state index contributed by atoms with van der Waals surface area (Å²) in [6.45, 7) is 4.78. The highest BCUT2D eigenvalue weighted by Crippen LogP contribution is 2.17. The van der Waals surface area contributed by atoms with Crippen molar-refractivity contribution in [3.8, 4) is 0 Å². The van der Waals surface area contributed by atoms with E-state index in [4.69, 9.17) is 18.9 Å². The number of quaternary nitrogens is 1. The highest BCUT2D eigenvalue weighted by molar-refractivity contribution is 5.71. The quantitative estimate of drug-likeness (QED) is 0.0211. The van der Waals surface area contributed by atoms with Crippen LogP contribution in [-0.2, 0) is 33.3 Å². The molecule has 9 heteroatoms. The maximum Gasteiger partial charge on any atom is 0.361 e. The highest BCUT2D eigenvalue weighted by Gasteiger charge is 2.25. The number of likely N-dealkylation sites (N-methyl/N-ethyl adjacent to an activating group) is 1. The number of allylic oxidation sites excluding steroid dienone is 12. The van der Waals surface area contributed by atoms with Crippen molar-refractivity contribution in [1.82, 2.24) is 0 Å². The van der Waals surface area contributed by atoms with E-state index in [1.165, 1.54) is 180 Å². The second-order valence-corrected chi connectivity index (χ2v) is 22.7. The standard InChI is InChI=1S/C68H121NO8/c1-6-8-10-12-14-16-18-19-20-21-22-23-24-25-26-27-28-29-30-31-32-33-34-35-36-37-38-39-40-41-42-43-44-45-46-47-49-51-53-55-57-59-66(71)77-64(63-76-68(67(72)73)74-61-60-69(3,4)5)62-75-65(70)58-56-54-52-50-48-17-15-13-11-9-7-2/h8,10,14,16,19-20,22-23,25-26,28-29,64,68H,6-7,9,11-13,15,17-18,21,24,27,30-63H2,1-5H3/p+1/b10-8-,16-14-,20-19-,23-22-,26-25-,29-28-. The Morgan fingerprint density at radius 3 is 1.10 bits per heavy atom. The van der Waals surface area contributed by atoms with Gasteiger partial charge < -0.3 is 28.5 Å². The van der Waals surface area contributed by atoms with Crippen molar-refractivity contribution in [3.63, 3.8) is 0 Å². The van der Waals surface area contributed by atoms with Gasteiger partial charge in [0.2, 0.25) is 0 Å². The molecule has 0 radical (unpaired) electrons. The Hall–Kier alpha value is -3.27. The average molecular weight is 1080 g/mol. The minimum atomic E-state index is -1.51. The first-order valence-electron chi connectivity index (χ1n) is 32.1. The molecule has 0 aliphatic carbocycles. The molecule has 0 saturated heterocycles. The normalized spacial score (nSPS) is 13.2. The maximum absolute atomic E-state index is 12.9. The summed E-state index contributed by atoms with van der Waals surface area (Å²) in [6.07, 6.45) is 74.5. The van der Waals surface area contributed by atoms with Crippen molar-refractivity contribution in [2.24, 2.45) is 0 Å². The van der Waals surface area contributed by atoms with E-state index in [0.29, 0.717) is 17.4 Å². The molecular weight excluding hydrogens is 959 g/mol. The maximum atomic E-state index is 12.9. The molecule has 0 aromatic heterocycles. The molecule has 0 amide bonds. The van der Waals surface area contributed by atoms with Crippen molar-refractivity contribution in [2.45, 2.75) is 296 Å². The Morgan fingerprint density at radius 2 is 0.740 bits per heavy atom. The van der Waals surface area contributed by atoms with Crippen LogP contribution in [0.25, 0.3) is 0 Å². The summed E-state index contributed by atoms with van der Waals surface area (Å²) in [4.78, 5) is 37.3. The van der Waals surface area contributed by atoms with Gasteiger partial charge in [0.05, 0.1) is 34.4 Å². The molecule has 0 saturated carbocycles. The molecule has 1 N–H and O–H groups in total. The molecule has 0 rings (SSSR count). The molecule has 77 heavy (non-hydrogen) atoms. The average Bonchev–Trinajstić information content (AvgIpc) is 3.40. The molecule has 9 nitrogen and oxygen atoms in total. The monoisotopic (exact) mass is 1080 g/mol. The smallest absolute Gasteiger partial charge is 0.361 e. The molecule has 0 aliphatic heterocycles. The SMILES string of the molecule is CC/C=C\C/C=C\C/C=C\C/C=C\C/C=C\C/C=C\CCCCCCCCCCCCCCCCCCCCCCCCC(=O)OC(COC(=O)CCCCCCCCCCCCC)COC(OCC[N+](C)(C)C)C(=O)O. The number of hydrogen-bond acceptors (Lipinski definition) is 7. The summed E-state index contributed by atoms with van der Waals surface area (Å²) in [5.41, 5.74) is 0. The Labute approximate surface area is 475 Å². The van der Waals surface area contributed by atoms with Crippen molar-refractivity contribution < 1.29 is 42.9 Å². The van der Waals surface area contributed by atoms with Crippen LogP contribution in [0.4, 0.5) is 0 Å². The van der Waals surface area contributed by atoms with Gasteiger partial charge in [-0.05, 0) is 64.2 Å². The van der Waals surface area contributed by atoms with Crippen LogP contribution in [0.3, 0.4) is 0 Å². The van der Waals surface area contributed by atoms with Gasteiger partial charge in [-0.2, -0.15) is 0 Å². The van der Waals surface area contributed by atoms with Gasteiger partial charge in [0.1, 0.15) is 13.2 Å². The number of carboxylic acid groups (broad SMARTS) is 1. The fraction of sp³-hybridized carbons (Fsp3) is 0.779. The van der Waals surface area contributed by atoms with E-state index in [9.17, 15) is 19.5 Å². The summed E-state index contributed by atoms with van der Waals surface area (Å²) < 4.78 is 22.9. The highest BCUT2D eigenvalue weighted by atomic mass is 16.7. The van der Waals surface area contributed by atoms with E-state index in [0.717, 1.165) is 77.0 Å². The largest absolute Gasteiger partial charge is 0.477 e. The van der Waals surface area contributed by atoms with Crippen molar-refractivity contribution in [1.29, 1.82) is 0 Å². The number of ether oxygens (including phenoxy) is 4. The first-order chi connectivity index (χ1) is 37.6. The Balaban J connectivity index is 3.91. The number of esters is 2. The molecule has 0 heterocycles. The number of rotatable bonds is 59. The zero-order valence-corrected chi connectivity index (χ0v) is 50.9. The minimum absolute atomic E-state index is 0.178. The molecule has 0 aromatic carbocycles. The Morgan fingerprint density at radius 1 is 0.403 bits per heavy atom. The molecule has 2 atom stereocenters. The lowest BCUT2D eigenvalue weighted by Crippen LogP contribution is -2.40. The van der Waals surface area contributed by atoms with E-state index in [1.54, 1.807) is 0 Å². The molecule has 0 aliphatic rings. The fourth-order valence-electron chi connectivity index (χ4n) is 9.08. The number of carboxylic acids is 1. The predicted octanol–water partition coefficient (Wildman–Crippen LogP) is 19.4. The number of hydrogen-bond donors (Lipinski definition) is 1. The van der Waals surface area contributed by atoms with Crippen molar-refractivity contribution in [2.75, 3.05) is 47.5 Å². The summed E-state index contributed by atoms with van der Waals surface area (Å²) in [7, 11) is 5.97. The first-order valence-corrected chi connectivity index (χ1v) is 32.1. The number of unbranched alkanes of at least 4 members (excludes halogenated alkanes) is 32. The van der Waals surface area contributed by atoms with Crippen LogP contribution in [0.2, 0.25) is 0 Å². The number of carbonyl (C=O) groups is 3. The van der Waals surface area contributed by atoms with E-state index < -0.39 is 24.3 Å². The van der Waals surface area contributed by atoms with Gasteiger partial charge >= 0.3 is 17.9 Å².